The number of hydrogen-bond acceptors (Lipinski definition) is 3. The zero-order valence-electron chi connectivity index (χ0n) is 18.6. The summed E-state index contributed by atoms with van der Waals surface area (Å²) in [5.41, 5.74) is 1.02. The van der Waals surface area contributed by atoms with E-state index < -0.39 is 27.7 Å². The van der Waals surface area contributed by atoms with Gasteiger partial charge in [0.25, 0.3) is 0 Å². The van der Waals surface area contributed by atoms with E-state index >= 15 is 0 Å². The highest BCUT2D eigenvalue weighted by Gasteiger charge is 2.32. The fourth-order valence-electron chi connectivity index (χ4n) is 3.98. The number of amides is 1. The van der Waals surface area contributed by atoms with Gasteiger partial charge < -0.3 is 5.32 Å². The Morgan fingerprint density at radius 2 is 1.59 bits per heavy atom. The first-order valence-electron chi connectivity index (χ1n) is 10.9. The fourth-order valence-corrected chi connectivity index (χ4v) is 5.45. The predicted molar refractivity (Wildman–Crippen MR) is 120 cm³/mol. The van der Waals surface area contributed by atoms with Crippen molar-refractivity contribution in [2.24, 2.45) is 5.92 Å². The molecule has 1 saturated heterocycles. The number of nitrogens with one attached hydrogen (secondary N) is 1. The monoisotopic (exact) mass is 464 g/mol. The average molecular weight is 465 g/mol. The molecule has 1 atom stereocenters. The molecule has 0 bridgehead atoms. The Labute approximate surface area is 188 Å². The van der Waals surface area contributed by atoms with E-state index in [0.29, 0.717) is 18.8 Å². The van der Waals surface area contributed by atoms with E-state index in [1.165, 1.54) is 22.5 Å². The minimum atomic E-state index is -3.61. The molecule has 174 valence electrons. The van der Waals surface area contributed by atoms with Gasteiger partial charge in [0, 0.05) is 30.6 Å². The van der Waals surface area contributed by atoms with Crippen LogP contribution in [-0.2, 0) is 21.2 Å². The predicted octanol–water partition coefficient (Wildman–Crippen LogP) is 4.24. The maximum Gasteiger partial charge on any atom is 0.243 e. The van der Waals surface area contributed by atoms with Crippen LogP contribution in [0.25, 0.3) is 0 Å². The van der Waals surface area contributed by atoms with Gasteiger partial charge in [-0.05, 0) is 61.9 Å². The second-order valence-electron chi connectivity index (χ2n) is 8.72. The molecular formula is C24H30F2N2O3S. The largest absolute Gasteiger partial charge is 0.353 e. The molecule has 0 saturated carbocycles. The molecule has 0 radical (unpaired) electrons. The van der Waals surface area contributed by atoms with E-state index in [1.54, 1.807) is 19.1 Å². The van der Waals surface area contributed by atoms with Crippen LogP contribution in [0.1, 0.15) is 50.7 Å². The summed E-state index contributed by atoms with van der Waals surface area (Å²) in [6.45, 7) is 6.30. The number of carbonyl (C=O) groups is 1. The normalized spacial score (nSPS) is 16.8. The molecule has 1 aliphatic rings. The smallest absolute Gasteiger partial charge is 0.243 e. The van der Waals surface area contributed by atoms with Crippen LogP contribution in [0.5, 0.6) is 0 Å². The van der Waals surface area contributed by atoms with Crippen molar-refractivity contribution in [2.45, 2.75) is 56.9 Å². The SMILES string of the molecule is CC(Cc1c(F)cccc1F)NC(=O)C1CCN(S(=O)(=O)c2ccc(C(C)C)cc2)CC1. The highest BCUT2D eigenvalue weighted by molar-refractivity contribution is 7.89. The lowest BCUT2D eigenvalue weighted by Gasteiger charge is -2.31. The molecule has 2 aromatic carbocycles. The van der Waals surface area contributed by atoms with Crippen molar-refractivity contribution in [3.63, 3.8) is 0 Å². The Balaban J connectivity index is 1.56. The summed E-state index contributed by atoms with van der Waals surface area (Å²) < 4.78 is 55.0. The second-order valence-corrected chi connectivity index (χ2v) is 10.7. The van der Waals surface area contributed by atoms with Gasteiger partial charge in [-0.25, -0.2) is 17.2 Å². The van der Waals surface area contributed by atoms with E-state index in [-0.39, 0.29) is 41.8 Å². The Bertz CT molecular complexity index is 1030. The molecule has 1 aliphatic heterocycles. The molecular weight excluding hydrogens is 434 g/mol. The van der Waals surface area contributed by atoms with E-state index in [4.69, 9.17) is 0 Å². The molecule has 0 aliphatic carbocycles. The topological polar surface area (TPSA) is 66.5 Å². The Morgan fingerprint density at radius 3 is 2.12 bits per heavy atom. The van der Waals surface area contributed by atoms with Crippen LogP contribution in [-0.4, -0.2) is 37.8 Å². The molecule has 1 amide bonds. The van der Waals surface area contributed by atoms with E-state index in [9.17, 15) is 22.0 Å². The summed E-state index contributed by atoms with van der Waals surface area (Å²) in [7, 11) is -3.61. The number of carbonyl (C=O) groups excluding carboxylic acids is 1. The molecule has 32 heavy (non-hydrogen) atoms. The van der Waals surface area contributed by atoms with Crippen LogP contribution >= 0.6 is 0 Å². The Morgan fingerprint density at radius 1 is 1.03 bits per heavy atom. The molecule has 3 rings (SSSR count). The van der Waals surface area contributed by atoms with Gasteiger partial charge in [0.2, 0.25) is 15.9 Å². The van der Waals surface area contributed by atoms with Crippen molar-refractivity contribution in [1.82, 2.24) is 9.62 Å². The first kappa shape index (κ1) is 24.3. The summed E-state index contributed by atoms with van der Waals surface area (Å²) >= 11 is 0. The van der Waals surface area contributed by atoms with Crippen LogP contribution in [0.3, 0.4) is 0 Å². The second kappa shape index (κ2) is 10.1. The van der Waals surface area contributed by atoms with Crippen molar-refractivity contribution >= 4 is 15.9 Å². The third-order valence-corrected chi connectivity index (χ3v) is 7.88. The molecule has 1 N–H and O–H groups in total. The van der Waals surface area contributed by atoms with Crippen LogP contribution in [0.4, 0.5) is 8.78 Å². The van der Waals surface area contributed by atoms with Crippen LogP contribution in [0, 0.1) is 17.6 Å². The van der Waals surface area contributed by atoms with Crippen molar-refractivity contribution < 1.29 is 22.0 Å². The van der Waals surface area contributed by atoms with Crippen molar-refractivity contribution in [2.75, 3.05) is 13.1 Å². The van der Waals surface area contributed by atoms with Crippen molar-refractivity contribution in [3.05, 3.63) is 65.2 Å². The minimum absolute atomic E-state index is 0.0455. The number of sulfonamides is 1. The summed E-state index contributed by atoms with van der Waals surface area (Å²) in [6.07, 6.45) is 0.843. The van der Waals surface area contributed by atoms with Gasteiger partial charge in [-0.2, -0.15) is 4.31 Å². The summed E-state index contributed by atoms with van der Waals surface area (Å²) in [5.74, 6) is -1.50. The summed E-state index contributed by atoms with van der Waals surface area (Å²) in [4.78, 5) is 12.9. The molecule has 1 heterocycles. The maximum absolute atomic E-state index is 13.8. The van der Waals surface area contributed by atoms with E-state index in [1.807, 2.05) is 26.0 Å². The van der Waals surface area contributed by atoms with Crippen molar-refractivity contribution in [1.29, 1.82) is 0 Å². The molecule has 8 heteroatoms. The van der Waals surface area contributed by atoms with E-state index in [2.05, 4.69) is 5.32 Å². The number of benzene rings is 2. The fraction of sp³-hybridized carbons (Fsp3) is 0.458. The Kier molecular flexibility index (Phi) is 7.67. The van der Waals surface area contributed by atoms with E-state index in [0.717, 1.165) is 5.56 Å². The Hall–Kier alpha value is -2.32. The third kappa shape index (κ3) is 5.53. The maximum atomic E-state index is 13.8. The zero-order chi connectivity index (χ0) is 23.5. The summed E-state index contributed by atoms with van der Waals surface area (Å²) in [5, 5.41) is 2.81. The zero-order valence-corrected chi connectivity index (χ0v) is 19.5. The lowest BCUT2D eigenvalue weighted by Crippen LogP contribution is -2.45. The van der Waals surface area contributed by atoms with Gasteiger partial charge in [0.1, 0.15) is 11.6 Å². The molecule has 1 fully saturated rings. The number of hydrogen-bond donors (Lipinski definition) is 1. The van der Waals surface area contributed by atoms with Gasteiger partial charge >= 0.3 is 0 Å². The van der Waals surface area contributed by atoms with Gasteiger partial charge in [0.05, 0.1) is 4.90 Å². The molecule has 5 nitrogen and oxygen atoms in total. The quantitative estimate of drug-likeness (QED) is 0.667. The minimum Gasteiger partial charge on any atom is -0.353 e. The number of piperidine rings is 1. The number of halogens is 2. The van der Waals surface area contributed by atoms with Crippen LogP contribution in [0.2, 0.25) is 0 Å². The first-order valence-corrected chi connectivity index (χ1v) is 12.4. The van der Waals surface area contributed by atoms with Gasteiger partial charge in [-0.3, -0.25) is 4.79 Å². The van der Waals surface area contributed by atoms with Crippen molar-refractivity contribution in [3.8, 4) is 0 Å². The molecule has 0 aromatic heterocycles. The molecule has 0 spiro atoms. The highest BCUT2D eigenvalue weighted by atomic mass is 32.2. The first-order chi connectivity index (χ1) is 15.1. The van der Waals surface area contributed by atoms with Crippen LogP contribution < -0.4 is 5.32 Å². The third-order valence-electron chi connectivity index (χ3n) is 5.97. The average Bonchev–Trinajstić information content (AvgIpc) is 2.76. The standard InChI is InChI=1S/C24H30F2N2O3S/c1-16(2)18-7-9-20(10-8-18)32(30,31)28-13-11-19(12-14-28)24(29)27-17(3)15-21-22(25)5-4-6-23(21)26/h4-10,16-17,19H,11-15H2,1-3H3,(H,27,29). The number of nitrogens with zero attached hydrogens (tertiary/aromatic N) is 1. The molecule has 2 aromatic rings. The number of rotatable bonds is 7. The molecule has 1 unspecified atom stereocenters. The van der Waals surface area contributed by atoms with Gasteiger partial charge in [0.15, 0.2) is 0 Å². The van der Waals surface area contributed by atoms with Gasteiger partial charge in [-0.15, -0.1) is 0 Å². The highest BCUT2D eigenvalue weighted by Crippen LogP contribution is 2.25. The lowest BCUT2D eigenvalue weighted by molar-refractivity contribution is -0.126. The summed E-state index contributed by atoms with van der Waals surface area (Å²) in [6, 6.07) is 10.2. The lowest BCUT2D eigenvalue weighted by atomic mass is 9.96. The van der Waals surface area contributed by atoms with Gasteiger partial charge in [-0.1, -0.05) is 32.0 Å². The van der Waals surface area contributed by atoms with Crippen LogP contribution in [0.15, 0.2) is 47.4 Å².